The summed E-state index contributed by atoms with van der Waals surface area (Å²) in [5, 5.41) is 6.37. The van der Waals surface area contributed by atoms with E-state index in [1.165, 1.54) is 28.0 Å². The number of amides is 1. The Balaban J connectivity index is 1.27. The van der Waals surface area contributed by atoms with Crippen molar-refractivity contribution in [1.82, 2.24) is 19.6 Å². The molecule has 0 unspecified atom stereocenters. The molecule has 0 bridgehead atoms. The van der Waals surface area contributed by atoms with Crippen molar-refractivity contribution in [2.75, 3.05) is 26.2 Å². The maximum atomic E-state index is 12.9. The summed E-state index contributed by atoms with van der Waals surface area (Å²) >= 11 is 1.50. The molecule has 0 aliphatic carbocycles. The molecular formula is C24H30N4O2S. The Morgan fingerprint density at radius 1 is 1.10 bits per heavy atom. The lowest BCUT2D eigenvalue weighted by atomic mass is 10.1. The third kappa shape index (κ3) is 5.35. The minimum atomic E-state index is 0.126. The van der Waals surface area contributed by atoms with Gasteiger partial charge in [-0.2, -0.15) is 5.10 Å². The highest BCUT2D eigenvalue weighted by Gasteiger charge is 2.23. The second-order valence-corrected chi connectivity index (χ2v) is 9.04. The van der Waals surface area contributed by atoms with Crippen LogP contribution in [-0.4, -0.2) is 51.7 Å². The number of thiophene rings is 1. The summed E-state index contributed by atoms with van der Waals surface area (Å²) in [5.41, 5.74) is 4.75. The van der Waals surface area contributed by atoms with Gasteiger partial charge in [0, 0.05) is 56.6 Å². The number of ether oxygens (including phenoxy) is 1. The Morgan fingerprint density at radius 3 is 2.61 bits per heavy atom. The van der Waals surface area contributed by atoms with Gasteiger partial charge in [0.15, 0.2) is 0 Å². The fraction of sp³-hybridized carbons (Fsp3) is 0.417. The summed E-state index contributed by atoms with van der Waals surface area (Å²) in [5.74, 6) is 0.990. The van der Waals surface area contributed by atoms with Gasteiger partial charge in [-0.15, -0.1) is 11.3 Å². The molecule has 1 amide bonds. The van der Waals surface area contributed by atoms with E-state index in [1.807, 2.05) is 33.3 Å². The second kappa shape index (κ2) is 9.66. The van der Waals surface area contributed by atoms with E-state index in [0.29, 0.717) is 6.61 Å². The monoisotopic (exact) mass is 438 g/mol. The molecule has 0 saturated carbocycles. The lowest BCUT2D eigenvalue weighted by molar-refractivity contribution is 0.0633. The Bertz CT molecular complexity index is 1030. The van der Waals surface area contributed by atoms with Crippen molar-refractivity contribution in [3.8, 4) is 5.75 Å². The molecule has 1 fully saturated rings. The van der Waals surface area contributed by atoms with Crippen molar-refractivity contribution in [3.63, 3.8) is 0 Å². The van der Waals surface area contributed by atoms with Crippen molar-refractivity contribution in [2.24, 2.45) is 0 Å². The molecule has 0 N–H and O–H groups in total. The van der Waals surface area contributed by atoms with E-state index < -0.39 is 0 Å². The van der Waals surface area contributed by atoms with Crippen LogP contribution in [0.2, 0.25) is 0 Å². The Kier molecular flexibility index (Phi) is 6.73. The molecule has 4 rings (SSSR count). The molecule has 1 aromatic carbocycles. The number of aromatic nitrogens is 2. The predicted molar refractivity (Wildman–Crippen MR) is 124 cm³/mol. The molecule has 3 heterocycles. The van der Waals surface area contributed by atoms with Crippen LogP contribution in [0.4, 0.5) is 0 Å². The molecule has 6 nitrogen and oxygen atoms in total. The minimum absolute atomic E-state index is 0.126. The second-order valence-electron chi connectivity index (χ2n) is 8.13. The first-order chi connectivity index (χ1) is 15.0. The Morgan fingerprint density at radius 2 is 1.90 bits per heavy atom. The predicted octanol–water partition coefficient (Wildman–Crippen LogP) is 4.12. The van der Waals surface area contributed by atoms with Crippen LogP contribution >= 0.6 is 11.3 Å². The summed E-state index contributed by atoms with van der Waals surface area (Å²) in [6, 6.07) is 8.09. The van der Waals surface area contributed by atoms with Gasteiger partial charge in [-0.1, -0.05) is 6.07 Å². The molecule has 2 aromatic heterocycles. The van der Waals surface area contributed by atoms with E-state index in [-0.39, 0.29) is 5.91 Å². The largest absolute Gasteiger partial charge is 0.489 e. The van der Waals surface area contributed by atoms with Crippen molar-refractivity contribution >= 4 is 17.2 Å². The lowest BCUT2D eigenvalue weighted by Gasteiger charge is -2.34. The summed E-state index contributed by atoms with van der Waals surface area (Å²) in [6.07, 6.45) is 4.04. The van der Waals surface area contributed by atoms with E-state index in [9.17, 15) is 4.79 Å². The molecule has 0 atom stereocenters. The standard InChI is InChI=1S/C24H30N4O2S/c1-4-28-15-21(13-25-28)14-26-7-9-27(10-8-26)24(29)23-12-20(17-31-23)16-30-22-6-5-18(2)19(3)11-22/h5-6,11-13,15,17H,4,7-10,14,16H2,1-3H3. The van der Waals surface area contributed by atoms with Gasteiger partial charge in [0.25, 0.3) is 5.91 Å². The number of hydrogen-bond acceptors (Lipinski definition) is 5. The number of hydrogen-bond donors (Lipinski definition) is 0. The molecule has 164 valence electrons. The van der Waals surface area contributed by atoms with Crippen molar-refractivity contribution in [1.29, 1.82) is 0 Å². The summed E-state index contributed by atoms with van der Waals surface area (Å²) in [4.78, 5) is 18.1. The molecule has 0 spiro atoms. The van der Waals surface area contributed by atoms with Crippen LogP contribution in [0.1, 0.15) is 38.8 Å². The van der Waals surface area contributed by atoms with E-state index in [0.717, 1.165) is 55.5 Å². The first kappa shape index (κ1) is 21.6. The third-order valence-electron chi connectivity index (χ3n) is 5.82. The maximum Gasteiger partial charge on any atom is 0.264 e. The first-order valence-corrected chi connectivity index (χ1v) is 11.7. The zero-order chi connectivity index (χ0) is 21.8. The number of benzene rings is 1. The van der Waals surface area contributed by atoms with Crippen LogP contribution in [0.3, 0.4) is 0 Å². The van der Waals surface area contributed by atoms with Crippen LogP contribution in [0.25, 0.3) is 0 Å². The topological polar surface area (TPSA) is 50.6 Å². The molecule has 3 aromatic rings. The van der Waals surface area contributed by atoms with Crippen LogP contribution in [0.5, 0.6) is 5.75 Å². The number of carbonyl (C=O) groups is 1. The molecule has 31 heavy (non-hydrogen) atoms. The zero-order valence-electron chi connectivity index (χ0n) is 18.5. The van der Waals surface area contributed by atoms with Gasteiger partial charge < -0.3 is 9.64 Å². The van der Waals surface area contributed by atoms with Crippen molar-refractivity contribution in [3.05, 3.63) is 69.2 Å². The van der Waals surface area contributed by atoms with E-state index in [4.69, 9.17) is 4.74 Å². The van der Waals surface area contributed by atoms with Gasteiger partial charge in [-0.25, -0.2) is 0 Å². The third-order valence-corrected chi connectivity index (χ3v) is 6.79. The number of aryl methyl sites for hydroxylation is 3. The summed E-state index contributed by atoms with van der Waals surface area (Å²) in [6.45, 7) is 11.8. The fourth-order valence-corrected chi connectivity index (χ4v) is 4.58. The van der Waals surface area contributed by atoms with Crippen LogP contribution < -0.4 is 4.74 Å². The smallest absolute Gasteiger partial charge is 0.264 e. The first-order valence-electron chi connectivity index (χ1n) is 10.8. The highest BCUT2D eigenvalue weighted by atomic mass is 32.1. The normalized spacial score (nSPS) is 14.7. The highest BCUT2D eigenvalue weighted by Crippen LogP contribution is 2.22. The maximum absolute atomic E-state index is 12.9. The van der Waals surface area contributed by atoms with Gasteiger partial charge in [0.05, 0.1) is 11.1 Å². The number of nitrogens with zero attached hydrogens (tertiary/aromatic N) is 4. The summed E-state index contributed by atoms with van der Waals surface area (Å²) in [7, 11) is 0. The van der Waals surface area contributed by atoms with Crippen LogP contribution in [0.15, 0.2) is 42.0 Å². The van der Waals surface area contributed by atoms with Gasteiger partial charge in [0.2, 0.25) is 0 Å². The van der Waals surface area contributed by atoms with Gasteiger partial charge in [0.1, 0.15) is 12.4 Å². The van der Waals surface area contributed by atoms with E-state index in [2.05, 4.69) is 49.1 Å². The molecule has 1 aliphatic heterocycles. The van der Waals surface area contributed by atoms with Crippen molar-refractivity contribution in [2.45, 2.75) is 40.5 Å². The average Bonchev–Trinajstić information content (AvgIpc) is 3.44. The summed E-state index contributed by atoms with van der Waals surface area (Å²) < 4.78 is 7.87. The van der Waals surface area contributed by atoms with Gasteiger partial charge in [-0.3, -0.25) is 14.4 Å². The van der Waals surface area contributed by atoms with Gasteiger partial charge in [-0.05, 0) is 55.5 Å². The number of rotatable bonds is 7. The molecule has 1 aliphatic rings. The molecular weight excluding hydrogens is 408 g/mol. The highest BCUT2D eigenvalue weighted by molar-refractivity contribution is 7.12. The Hall–Kier alpha value is -2.64. The molecule has 0 radical (unpaired) electrons. The van der Waals surface area contributed by atoms with E-state index >= 15 is 0 Å². The van der Waals surface area contributed by atoms with E-state index in [1.54, 1.807) is 0 Å². The quantitative estimate of drug-likeness (QED) is 0.557. The number of carbonyl (C=O) groups excluding carboxylic acids is 1. The molecule has 7 heteroatoms. The minimum Gasteiger partial charge on any atom is -0.489 e. The van der Waals surface area contributed by atoms with Crippen LogP contribution in [0, 0.1) is 13.8 Å². The lowest BCUT2D eigenvalue weighted by Crippen LogP contribution is -2.48. The Labute approximate surface area is 188 Å². The van der Waals surface area contributed by atoms with Gasteiger partial charge >= 0.3 is 0 Å². The average molecular weight is 439 g/mol. The van der Waals surface area contributed by atoms with Crippen molar-refractivity contribution < 1.29 is 9.53 Å². The SMILES string of the molecule is CCn1cc(CN2CCN(C(=O)c3cc(COc4ccc(C)c(C)c4)cs3)CC2)cn1. The molecule has 1 saturated heterocycles. The zero-order valence-corrected chi connectivity index (χ0v) is 19.3. The number of piperazine rings is 1. The van der Waals surface area contributed by atoms with Crippen LogP contribution in [-0.2, 0) is 19.7 Å². The fourth-order valence-electron chi connectivity index (χ4n) is 3.72.